The number of aromatic nitrogens is 1. The molecule has 0 saturated heterocycles. The van der Waals surface area contributed by atoms with E-state index in [1.54, 1.807) is 37.4 Å². The summed E-state index contributed by atoms with van der Waals surface area (Å²) in [5.74, 6) is -0.501. The van der Waals surface area contributed by atoms with Gasteiger partial charge in [-0.05, 0) is 37.6 Å². The second kappa shape index (κ2) is 7.49. The second-order valence-electron chi connectivity index (χ2n) is 5.68. The van der Waals surface area contributed by atoms with Crippen molar-refractivity contribution in [2.75, 3.05) is 10.6 Å². The second-order valence-corrected chi connectivity index (χ2v) is 6.54. The van der Waals surface area contributed by atoms with Crippen molar-refractivity contribution in [3.05, 3.63) is 64.3 Å². The van der Waals surface area contributed by atoms with Gasteiger partial charge in [-0.25, -0.2) is 9.37 Å². The molecule has 1 aromatic carbocycles. The van der Waals surface area contributed by atoms with Crippen LogP contribution in [0.4, 0.5) is 15.2 Å². The molecule has 2 amide bonds. The maximum atomic E-state index is 13.5. The molecule has 0 spiro atoms. The number of anilines is 2. The maximum absolute atomic E-state index is 13.5. The van der Waals surface area contributed by atoms with Crippen LogP contribution in [-0.2, 0) is 11.2 Å². The number of amides is 2. The zero-order valence-electron chi connectivity index (χ0n) is 14.1. The smallest absolute Gasteiger partial charge is 0.260 e. The number of thiazole rings is 1. The first kappa shape index (κ1) is 17.8. The van der Waals surface area contributed by atoms with Crippen molar-refractivity contribution < 1.29 is 18.4 Å². The van der Waals surface area contributed by atoms with E-state index >= 15 is 0 Å². The molecular weight excluding hydrogens is 357 g/mol. The summed E-state index contributed by atoms with van der Waals surface area (Å²) in [5.41, 5.74) is 1.84. The van der Waals surface area contributed by atoms with Crippen molar-refractivity contribution in [3.63, 3.8) is 0 Å². The topological polar surface area (TPSA) is 84.2 Å². The fourth-order valence-corrected chi connectivity index (χ4v) is 2.98. The minimum atomic E-state index is -0.379. The van der Waals surface area contributed by atoms with Gasteiger partial charge in [0.2, 0.25) is 5.91 Å². The van der Waals surface area contributed by atoms with Gasteiger partial charge in [-0.2, -0.15) is 0 Å². The van der Waals surface area contributed by atoms with E-state index < -0.39 is 0 Å². The first-order valence-corrected chi connectivity index (χ1v) is 8.66. The highest BCUT2D eigenvalue weighted by atomic mass is 32.1. The Morgan fingerprint density at radius 1 is 1.23 bits per heavy atom. The first-order chi connectivity index (χ1) is 12.4. The van der Waals surface area contributed by atoms with Crippen LogP contribution in [0.25, 0.3) is 0 Å². The fourth-order valence-electron chi connectivity index (χ4n) is 2.27. The minimum absolute atomic E-state index is 0.0204. The number of rotatable bonds is 5. The average Bonchev–Trinajstić information content (AvgIpc) is 3.20. The van der Waals surface area contributed by atoms with Gasteiger partial charge in [-0.1, -0.05) is 6.07 Å². The van der Waals surface area contributed by atoms with Gasteiger partial charge in [-0.3, -0.25) is 14.9 Å². The molecule has 0 fully saturated rings. The molecule has 8 heteroatoms. The Hall–Kier alpha value is -3.00. The highest BCUT2D eigenvalue weighted by molar-refractivity contribution is 7.14. The number of furan rings is 1. The molecule has 2 N–H and O–H groups in total. The third-order valence-electron chi connectivity index (χ3n) is 3.67. The number of benzene rings is 1. The van der Waals surface area contributed by atoms with E-state index in [0.29, 0.717) is 33.4 Å². The predicted molar refractivity (Wildman–Crippen MR) is 97.0 cm³/mol. The molecule has 2 heterocycles. The number of hydrogen-bond acceptors (Lipinski definition) is 5. The summed E-state index contributed by atoms with van der Waals surface area (Å²) in [6, 6.07) is 6.08. The highest BCUT2D eigenvalue weighted by Gasteiger charge is 2.14. The molecule has 26 heavy (non-hydrogen) atoms. The molecule has 0 radical (unpaired) electrons. The van der Waals surface area contributed by atoms with E-state index in [0.717, 1.165) is 0 Å². The molecule has 0 aliphatic heterocycles. The number of hydrogen-bond donors (Lipinski definition) is 2. The summed E-state index contributed by atoms with van der Waals surface area (Å²) in [4.78, 5) is 28.4. The Morgan fingerprint density at radius 3 is 2.73 bits per heavy atom. The largest absolute Gasteiger partial charge is 0.469 e. The third-order valence-corrected chi connectivity index (χ3v) is 4.48. The molecule has 0 atom stereocenters. The lowest BCUT2D eigenvalue weighted by Gasteiger charge is -2.05. The van der Waals surface area contributed by atoms with Crippen LogP contribution in [0.5, 0.6) is 0 Å². The molecule has 3 aromatic rings. The number of nitrogens with zero attached hydrogens (tertiary/aromatic N) is 1. The van der Waals surface area contributed by atoms with Crippen LogP contribution in [-0.4, -0.2) is 16.8 Å². The summed E-state index contributed by atoms with van der Waals surface area (Å²) in [5, 5.41) is 7.37. The molecule has 0 aliphatic rings. The van der Waals surface area contributed by atoms with E-state index in [4.69, 9.17) is 4.42 Å². The molecule has 134 valence electrons. The van der Waals surface area contributed by atoms with Gasteiger partial charge in [-0.15, -0.1) is 11.3 Å². The monoisotopic (exact) mass is 373 g/mol. The summed E-state index contributed by atoms with van der Waals surface area (Å²) >= 11 is 1.22. The number of carbonyl (C=O) groups is 2. The van der Waals surface area contributed by atoms with Crippen LogP contribution < -0.4 is 10.6 Å². The quantitative estimate of drug-likeness (QED) is 0.710. The van der Waals surface area contributed by atoms with E-state index in [1.807, 2.05) is 0 Å². The lowest BCUT2D eigenvalue weighted by molar-refractivity contribution is -0.115. The van der Waals surface area contributed by atoms with Crippen LogP contribution in [0.15, 0.2) is 40.3 Å². The normalized spacial score (nSPS) is 10.6. The van der Waals surface area contributed by atoms with Gasteiger partial charge in [0.15, 0.2) is 5.13 Å². The summed E-state index contributed by atoms with van der Waals surface area (Å²) < 4.78 is 18.6. The minimum Gasteiger partial charge on any atom is -0.469 e. The Morgan fingerprint density at radius 2 is 2.04 bits per heavy atom. The summed E-state index contributed by atoms with van der Waals surface area (Å²) in [7, 11) is 0. The molecule has 0 bridgehead atoms. The lowest BCUT2D eigenvalue weighted by Crippen LogP contribution is -2.15. The molecule has 0 aliphatic carbocycles. The van der Waals surface area contributed by atoms with Crippen LogP contribution in [0, 0.1) is 19.7 Å². The van der Waals surface area contributed by atoms with E-state index in [-0.39, 0.29) is 24.1 Å². The maximum Gasteiger partial charge on any atom is 0.260 e. The SMILES string of the molecule is Cc1ccc(NC(=O)Cc2csc(NC(=O)c3ccoc3C)n2)cc1F. The number of nitrogens with one attached hydrogen (secondary N) is 2. The van der Waals surface area contributed by atoms with Crippen molar-refractivity contribution >= 4 is 34.0 Å². The molecular formula is C18H16FN3O3S. The van der Waals surface area contributed by atoms with Gasteiger partial charge >= 0.3 is 0 Å². The average molecular weight is 373 g/mol. The molecule has 3 rings (SSSR count). The Bertz CT molecular complexity index is 964. The first-order valence-electron chi connectivity index (χ1n) is 7.78. The predicted octanol–water partition coefficient (Wildman–Crippen LogP) is 3.93. The number of carbonyl (C=O) groups excluding carboxylic acids is 2. The Balaban J connectivity index is 1.59. The van der Waals surface area contributed by atoms with Crippen molar-refractivity contribution in [1.82, 2.24) is 4.98 Å². The Kier molecular flexibility index (Phi) is 5.13. The Labute approximate surface area is 153 Å². The highest BCUT2D eigenvalue weighted by Crippen LogP contribution is 2.19. The summed E-state index contributed by atoms with van der Waals surface area (Å²) in [6.07, 6.45) is 1.46. The van der Waals surface area contributed by atoms with Crippen LogP contribution in [0.3, 0.4) is 0 Å². The lowest BCUT2D eigenvalue weighted by atomic mass is 10.2. The van der Waals surface area contributed by atoms with E-state index in [9.17, 15) is 14.0 Å². The van der Waals surface area contributed by atoms with Crippen molar-refractivity contribution in [2.24, 2.45) is 0 Å². The zero-order valence-corrected chi connectivity index (χ0v) is 14.9. The van der Waals surface area contributed by atoms with Crippen molar-refractivity contribution in [3.8, 4) is 0 Å². The van der Waals surface area contributed by atoms with Gasteiger partial charge < -0.3 is 9.73 Å². The van der Waals surface area contributed by atoms with Crippen LogP contribution in [0.2, 0.25) is 0 Å². The molecule has 0 saturated carbocycles. The van der Waals surface area contributed by atoms with Crippen LogP contribution >= 0.6 is 11.3 Å². The van der Waals surface area contributed by atoms with E-state index in [1.165, 1.54) is 23.7 Å². The molecule has 6 nitrogen and oxygen atoms in total. The van der Waals surface area contributed by atoms with Crippen molar-refractivity contribution in [1.29, 1.82) is 0 Å². The van der Waals surface area contributed by atoms with Gasteiger partial charge in [0, 0.05) is 11.1 Å². The van der Waals surface area contributed by atoms with E-state index in [2.05, 4.69) is 15.6 Å². The van der Waals surface area contributed by atoms with Crippen molar-refractivity contribution in [2.45, 2.75) is 20.3 Å². The van der Waals surface area contributed by atoms with Gasteiger partial charge in [0.1, 0.15) is 11.6 Å². The fraction of sp³-hybridized carbons (Fsp3) is 0.167. The van der Waals surface area contributed by atoms with Crippen LogP contribution in [0.1, 0.15) is 27.4 Å². The van der Waals surface area contributed by atoms with Gasteiger partial charge in [0.05, 0.1) is 23.9 Å². The van der Waals surface area contributed by atoms with Gasteiger partial charge in [0.25, 0.3) is 5.91 Å². The number of aryl methyl sites for hydroxylation is 2. The summed E-state index contributed by atoms with van der Waals surface area (Å²) in [6.45, 7) is 3.34. The molecule has 0 unspecified atom stereocenters. The molecule has 2 aromatic heterocycles. The zero-order chi connectivity index (χ0) is 18.7. The standard InChI is InChI=1S/C18H16FN3O3S/c1-10-3-4-12(7-15(10)19)20-16(23)8-13-9-26-18(21-13)22-17(24)14-5-6-25-11(14)2/h3-7,9H,8H2,1-2H3,(H,20,23)(H,21,22,24). The number of halogens is 1. The third kappa shape index (κ3) is 4.15.